The second-order valence-electron chi connectivity index (χ2n) is 11.3. The van der Waals surface area contributed by atoms with E-state index in [9.17, 15) is 4.79 Å². The van der Waals surface area contributed by atoms with Gasteiger partial charge in [-0.1, -0.05) is 81.0 Å². The summed E-state index contributed by atoms with van der Waals surface area (Å²) in [5.74, 6) is 0.120. The third-order valence-corrected chi connectivity index (χ3v) is 5.80. The molecule has 0 aliphatic heterocycles. The van der Waals surface area contributed by atoms with E-state index in [1.54, 1.807) is 0 Å². The molecule has 2 aromatic carbocycles. The van der Waals surface area contributed by atoms with Crippen LogP contribution in [0.5, 0.6) is 0 Å². The maximum Gasteiger partial charge on any atom is 0.194 e. The molecule has 0 unspecified atom stereocenters. The quantitative estimate of drug-likeness (QED) is 0.407. The van der Waals surface area contributed by atoms with Gasteiger partial charge in [0.2, 0.25) is 0 Å². The summed E-state index contributed by atoms with van der Waals surface area (Å²) in [6, 6.07) is 10.6. The van der Waals surface area contributed by atoms with Gasteiger partial charge in [0.25, 0.3) is 0 Å². The van der Waals surface area contributed by atoms with Gasteiger partial charge in [0.15, 0.2) is 5.78 Å². The Hall–Kier alpha value is -2.15. The maximum atomic E-state index is 13.5. The summed E-state index contributed by atoms with van der Waals surface area (Å²) in [6.07, 6.45) is 0. The van der Waals surface area contributed by atoms with E-state index in [-0.39, 0.29) is 22.0 Å². The first-order valence-corrected chi connectivity index (χ1v) is 10.2. The first-order valence-electron chi connectivity index (χ1n) is 10.2. The SMILES string of the molecule is C=C1c2ccc(C(C)(C)C)cc2C(=O)c2cc(C(C)(C)C)c(C(C)(C)C)cc21. The Bertz CT molecular complexity index is 983. The van der Waals surface area contributed by atoms with Crippen LogP contribution in [0.15, 0.2) is 36.9 Å². The van der Waals surface area contributed by atoms with E-state index in [2.05, 4.69) is 99.2 Å². The highest BCUT2D eigenvalue weighted by Gasteiger charge is 2.33. The zero-order valence-electron chi connectivity index (χ0n) is 19.0. The molecule has 0 saturated carbocycles. The lowest BCUT2D eigenvalue weighted by Crippen LogP contribution is -2.25. The van der Waals surface area contributed by atoms with E-state index in [4.69, 9.17) is 0 Å². The highest BCUT2D eigenvalue weighted by atomic mass is 16.1. The molecular weight excluding hydrogens is 340 g/mol. The van der Waals surface area contributed by atoms with Gasteiger partial charge in [-0.2, -0.15) is 0 Å². The van der Waals surface area contributed by atoms with Crippen LogP contribution in [0.25, 0.3) is 5.57 Å². The van der Waals surface area contributed by atoms with Gasteiger partial charge in [-0.25, -0.2) is 0 Å². The van der Waals surface area contributed by atoms with Crippen LogP contribution in [0.1, 0.15) is 106 Å². The first-order chi connectivity index (χ1) is 12.6. The second kappa shape index (κ2) is 6.17. The maximum absolute atomic E-state index is 13.5. The van der Waals surface area contributed by atoms with Crippen LogP contribution >= 0.6 is 0 Å². The van der Waals surface area contributed by atoms with Crippen LogP contribution in [0.4, 0.5) is 0 Å². The number of carbonyl (C=O) groups is 1. The number of rotatable bonds is 0. The highest BCUT2D eigenvalue weighted by Crippen LogP contribution is 2.42. The standard InChI is InChI=1S/C27H34O/c1-16-18-12-11-17(25(2,3)4)13-20(18)24(28)21-15-23(27(8,9)10)22(14-19(16)21)26(5,6)7/h11-15H,1H2,2-10H3. The minimum Gasteiger partial charge on any atom is -0.289 e. The predicted octanol–water partition coefficient (Wildman–Crippen LogP) is 7.19. The Morgan fingerprint density at radius 3 is 1.54 bits per heavy atom. The van der Waals surface area contributed by atoms with Crippen LogP contribution in [0.3, 0.4) is 0 Å². The molecule has 1 heteroatoms. The summed E-state index contributed by atoms with van der Waals surface area (Å²) in [6.45, 7) is 24.3. The van der Waals surface area contributed by atoms with Crippen molar-refractivity contribution in [2.45, 2.75) is 78.6 Å². The molecule has 0 atom stereocenters. The molecule has 28 heavy (non-hydrogen) atoms. The topological polar surface area (TPSA) is 17.1 Å². The Labute approximate surface area is 170 Å². The molecule has 2 aromatic rings. The van der Waals surface area contributed by atoms with Crippen LogP contribution in [0, 0.1) is 0 Å². The van der Waals surface area contributed by atoms with Gasteiger partial charge >= 0.3 is 0 Å². The fraction of sp³-hybridized carbons (Fsp3) is 0.444. The smallest absolute Gasteiger partial charge is 0.194 e. The largest absolute Gasteiger partial charge is 0.289 e. The van der Waals surface area contributed by atoms with E-state index in [0.29, 0.717) is 0 Å². The van der Waals surface area contributed by atoms with Crippen molar-refractivity contribution in [1.29, 1.82) is 0 Å². The molecule has 1 aliphatic rings. The molecule has 0 amide bonds. The zero-order valence-corrected chi connectivity index (χ0v) is 19.0. The lowest BCUT2D eigenvalue weighted by Gasteiger charge is -2.33. The molecule has 1 aliphatic carbocycles. The summed E-state index contributed by atoms with van der Waals surface area (Å²) in [4.78, 5) is 13.5. The van der Waals surface area contributed by atoms with Gasteiger partial charge in [-0.05, 0) is 67.8 Å². The fourth-order valence-corrected chi connectivity index (χ4v) is 4.03. The summed E-state index contributed by atoms with van der Waals surface area (Å²) in [7, 11) is 0. The number of benzene rings is 2. The lowest BCUT2D eigenvalue weighted by atomic mass is 9.70. The summed E-state index contributed by atoms with van der Waals surface area (Å²) in [5, 5.41) is 0. The van der Waals surface area contributed by atoms with Crippen molar-refractivity contribution < 1.29 is 4.79 Å². The van der Waals surface area contributed by atoms with Crippen molar-refractivity contribution in [2.75, 3.05) is 0 Å². The molecular formula is C27H34O. The van der Waals surface area contributed by atoms with E-state index >= 15 is 0 Å². The minimum atomic E-state index is -0.0349. The van der Waals surface area contributed by atoms with Crippen molar-refractivity contribution in [2.24, 2.45) is 0 Å². The molecule has 0 saturated heterocycles. The van der Waals surface area contributed by atoms with Crippen molar-refractivity contribution in [3.63, 3.8) is 0 Å². The second-order valence-corrected chi connectivity index (χ2v) is 11.3. The Morgan fingerprint density at radius 1 is 0.607 bits per heavy atom. The Morgan fingerprint density at radius 2 is 1.07 bits per heavy atom. The number of hydrogen-bond donors (Lipinski definition) is 0. The minimum absolute atomic E-state index is 0.00264. The van der Waals surface area contributed by atoms with Crippen LogP contribution in [0.2, 0.25) is 0 Å². The summed E-state index contributed by atoms with van der Waals surface area (Å²) < 4.78 is 0. The Kier molecular flexibility index (Phi) is 4.54. The van der Waals surface area contributed by atoms with Crippen LogP contribution in [-0.4, -0.2) is 5.78 Å². The molecule has 0 heterocycles. The molecule has 1 nitrogen and oxygen atoms in total. The third-order valence-electron chi connectivity index (χ3n) is 5.80. The molecule has 0 fully saturated rings. The van der Waals surface area contributed by atoms with Gasteiger partial charge in [0.1, 0.15) is 0 Å². The van der Waals surface area contributed by atoms with E-state index in [0.717, 1.165) is 27.8 Å². The summed E-state index contributed by atoms with van der Waals surface area (Å²) in [5.41, 5.74) is 8.17. The van der Waals surface area contributed by atoms with Crippen LogP contribution in [-0.2, 0) is 16.2 Å². The molecule has 3 rings (SSSR count). The Balaban J connectivity index is 2.30. The van der Waals surface area contributed by atoms with Gasteiger partial charge in [0, 0.05) is 11.1 Å². The van der Waals surface area contributed by atoms with Crippen molar-refractivity contribution in [3.8, 4) is 0 Å². The van der Waals surface area contributed by atoms with Crippen molar-refractivity contribution in [1.82, 2.24) is 0 Å². The molecule has 0 radical (unpaired) electrons. The third kappa shape index (κ3) is 3.36. The average molecular weight is 375 g/mol. The molecule has 0 N–H and O–H groups in total. The average Bonchev–Trinajstić information content (AvgIpc) is 2.55. The van der Waals surface area contributed by atoms with Gasteiger partial charge in [-0.15, -0.1) is 0 Å². The van der Waals surface area contributed by atoms with Gasteiger partial charge in [0.05, 0.1) is 0 Å². The highest BCUT2D eigenvalue weighted by molar-refractivity contribution is 6.18. The van der Waals surface area contributed by atoms with E-state index in [1.165, 1.54) is 16.7 Å². The predicted molar refractivity (Wildman–Crippen MR) is 121 cm³/mol. The van der Waals surface area contributed by atoms with E-state index < -0.39 is 0 Å². The number of carbonyl (C=O) groups excluding carboxylic acids is 1. The fourth-order valence-electron chi connectivity index (χ4n) is 4.03. The number of fused-ring (bicyclic) bond motifs is 2. The lowest BCUT2D eigenvalue weighted by molar-refractivity contribution is 0.103. The van der Waals surface area contributed by atoms with Crippen LogP contribution < -0.4 is 0 Å². The van der Waals surface area contributed by atoms with Gasteiger partial charge < -0.3 is 0 Å². The normalized spacial score (nSPS) is 14.8. The first kappa shape index (κ1) is 20.6. The van der Waals surface area contributed by atoms with Crippen molar-refractivity contribution >= 4 is 11.4 Å². The molecule has 0 spiro atoms. The van der Waals surface area contributed by atoms with E-state index in [1.807, 2.05) is 0 Å². The van der Waals surface area contributed by atoms with Crippen molar-refractivity contribution in [3.05, 3.63) is 75.9 Å². The molecule has 148 valence electrons. The summed E-state index contributed by atoms with van der Waals surface area (Å²) >= 11 is 0. The number of hydrogen-bond acceptors (Lipinski definition) is 1. The molecule has 0 bridgehead atoms. The number of ketones is 1. The van der Waals surface area contributed by atoms with Gasteiger partial charge in [-0.3, -0.25) is 4.79 Å². The monoisotopic (exact) mass is 374 g/mol. The molecule has 0 aromatic heterocycles. The zero-order chi connectivity index (χ0) is 21.2.